The molecule has 0 aromatic carbocycles. The maximum atomic E-state index is 12.8. The van der Waals surface area contributed by atoms with Crippen LogP contribution < -0.4 is 0 Å². The SMILES string of the molecule is CC/C=C\C/C=C\C/C=C\C/C=C\C/C=C\CC(=O)OC(COC(=O)CCCCCCC/C=C\CCCCC)COC(=O)CCCCCCCCCCCCCCCCCCCCCCCCCCC. The van der Waals surface area contributed by atoms with Gasteiger partial charge in [-0.05, 0) is 70.6 Å². The second-order valence-corrected chi connectivity index (χ2v) is 19.9. The summed E-state index contributed by atoms with van der Waals surface area (Å²) in [6.07, 6.45) is 75.2. The number of ether oxygens (including phenoxy) is 3. The molecule has 0 fully saturated rings. The van der Waals surface area contributed by atoms with Crippen molar-refractivity contribution in [1.82, 2.24) is 0 Å². The number of unbranched alkanes of at least 4 members (excludes halogenated alkanes) is 32. The first-order valence-corrected chi connectivity index (χ1v) is 29.9. The lowest BCUT2D eigenvalue weighted by molar-refractivity contribution is -0.166. The van der Waals surface area contributed by atoms with Gasteiger partial charge in [-0.2, -0.15) is 0 Å². The Labute approximate surface area is 433 Å². The molecule has 0 aromatic heterocycles. The summed E-state index contributed by atoms with van der Waals surface area (Å²) in [5.41, 5.74) is 0. The van der Waals surface area contributed by atoms with Gasteiger partial charge in [0, 0.05) is 12.8 Å². The van der Waals surface area contributed by atoms with Crippen LogP contribution in [0, 0.1) is 0 Å². The Morgan fingerprint density at radius 1 is 0.314 bits per heavy atom. The number of hydrogen-bond donors (Lipinski definition) is 0. The standard InChI is InChI=1S/C64H112O6/c1-4-7-10-13-16-19-22-25-27-28-29-30-31-32-33-34-35-36-38-39-42-45-48-51-54-57-63(66)69-60-61(59-68-62(65)56-53-50-47-44-41-24-21-18-15-12-9-6-3)70-64(67)58-55-52-49-46-43-40-37-26-23-20-17-14-11-8-5-2/h8,11,17-18,20-21,26,37,43,46,52,55,61H,4-7,9-10,12-16,19,22-25,27-36,38-42,44-45,47-51,53-54,56-60H2,1-3H3/b11-8-,20-17-,21-18-,37-26-,46-43-,55-52-. The van der Waals surface area contributed by atoms with Gasteiger partial charge in [-0.1, -0.05) is 280 Å². The summed E-state index contributed by atoms with van der Waals surface area (Å²) >= 11 is 0. The third-order valence-electron chi connectivity index (χ3n) is 13.0. The quantitative estimate of drug-likeness (QED) is 0.0261. The number of rotatable bonds is 54. The van der Waals surface area contributed by atoms with Crippen molar-refractivity contribution in [3.8, 4) is 0 Å². The summed E-state index contributed by atoms with van der Waals surface area (Å²) in [5, 5.41) is 0. The van der Waals surface area contributed by atoms with Crippen molar-refractivity contribution < 1.29 is 28.6 Å². The van der Waals surface area contributed by atoms with E-state index in [0.717, 1.165) is 83.5 Å². The fourth-order valence-electron chi connectivity index (χ4n) is 8.51. The smallest absolute Gasteiger partial charge is 0.310 e. The summed E-state index contributed by atoms with van der Waals surface area (Å²) in [5.74, 6) is -1.04. The molecule has 6 nitrogen and oxygen atoms in total. The number of esters is 3. The van der Waals surface area contributed by atoms with Crippen LogP contribution in [0.3, 0.4) is 0 Å². The first-order valence-electron chi connectivity index (χ1n) is 29.9. The van der Waals surface area contributed by atoms with Crippen molar-refractivity contribution in [3.63, 3.8) is 0 Å². The molecule has 0 heterocycles. The van der Waals surface area contributed by atoms with Crippen LogP contribution in [0.25, 0.3) is 0 Å². The van der Waals surface area contributed by atoms with Gasteiger partial charge in [0.15, 0.2) is 6.10 Å². The van der Waals surface area contributed by atoms with Gasteiger partial charge in [0.1, 0.15) is 13.2 Å². The molecule has 0 aliphatic rings. The highest BCUT2D eigenvalue weighted by Gasteiger charge is 2.19. The molecule has 0 saturated heterocycles. The second-order valence-electron chi connectivity index (χ2n) is 19.9. The van der Waals surface area contributed by atoms with E-state index >= 15 is 0 Å². The van der Waals surface area contributed by atoms with Crippen LogP contribution in [0.5, 0.6) is 0 Å². The highest BCUT2D eigenvalue weighted by atomic mass is 16.6. The Morgan fingerprint density at radius 3 is 0.957 bits per heavy atom. The van der Waals surface area contributed by atoms with Gasteiger partial charge in [-0.15, -0.1) is 0 Å². The zero-order chi connectivity index (χ0) is 50.7. The predicted molar refractivity (Wildman–Crippen MR) is 302 cm³/mol. The number of hydrogen-bond acceptors (Lipinski definition) is 6. The normalized spacial score (nSPS) is 12.6. The molecule has 0 aliphatic heterocycles. The second kappa shape index (κ2) is 58.4. The summed E-state index contributed by atoms with van der Waals surface area (Å²) in [4.78, 5) is 38.0. The highest BCUT2D eigenvalue weighted by Crippen LogP contribution is 2.17. The maximum absolute atomic E-state index is 12.8. The summed E-state index contributed by atoms with van der Waals surface area (Å²) < 4.78 is 16.7. The van der Waals surface area contributed by atoms with Gasteiger partial charge in [-0.3, -0.25) is 14.4 Å². The van der Waals surface area contributed by atoms with E-state index < -0.39 is 12.1 Å². The Kier molecular flexibility index (Phi) is 55.8. The zero-order valence-corrected chi connectivity index (χ0v) is 46.3. The first-order chi connectivity index (χ1) is 34.5. The molecule has 0 bridgehead atoms. The molecule has 0 spiro atoms. The van der Waals surface area contributed by atoms with E-state index in [1.165, 1.54) is 173 Å². The van der Waals surface area contributed by atoms with Crippen LogP contribution >= 0.6 is 0 Å². The van der Waals surface area contributed by atoms with E-state index in [2.05, 4.69) is 81.5 Å². The van der Waals surface area contributed by atoms with Crippen molar-refractivity contribution >= 4 is 17.9 Å². The van der Waals surface area contributed by atoms with E-state index in [4.69, 9.17) is 14.2 Å². The van der Waals surface area contributed by atoms with Crippen molar-refractivity contribution in [1.29, 1.82) is 0 Å². The monoisotopic (exact) mass is 977 g/mol. The first kappa shape index (κ1) is 66.9. The molecule has 0 saturated carbocycles. The lowest BCUT2D eigenvalue weighted by Crippen LogP contribution is -2.30. The van der Waals surface area contributed by atoms with Crippen LogP contribution in [-0.4, -0.2) is 37.2 Å². The van der Waals surface area contributed by atoms with Crippen LogP contribution in [0.15, 0.2) is 72.9 Å². The van der Waals surface area contributed by atoms with Crippen LogP contribution in [0.2, 0.25) is 0 Å². The Morgan fingerprint density at radius 2 is 0.600 bits per heavy atom. The number of carbonyl (C=O) groups is 3. The molecule has 0 radical (unpaired) electrons. The largest absolute Gasteiger partial charge is 0.462 e. The molecule has 0 N–H and O–H groups in total. The minimum absolute atomic E-state index is 0.0973. The molecule has 1 atom stereocenters. The fraction of sp³-hybridized carbons (Fsp3) is 0.766. The lowest BCUT2D eigenvalue weighted by atomic mass is 10.0. The minimum atomic E-state index is -0.831. The zero-order valence-electron chi connectivity index (χ0n) is 46.3. The molecular formula is C64H112O6. The molecule has 0 rings (SSSR count). The summed E-state index contributed by atoms with van der Waals surface area (Å²) in [7, 11) is 0. The van der Waals surface area contributed by atoms with E-state index in [-0.39, 0.29) is 31.6 Å². The van der Waals surface area contributed by atoms with Gasteiger partial charge in [0.2, 0.25) is 0 Å². The van der Waals surface area contributed by atoms with Crippen LogP contribution in [-0.2, 0) is 28.6 Å². The molecule has 0 aromatic rings. The maximum Gasteiger partial charge on any atom is 0.310 e. The van der Waals surface area contributed by atoms with Crippen LogP contribution in [0.4, 0.5) is 0 Å². The van der Waals surface area contributed by atoms with Crippen LogP contribution in [0.1, 0.15) is 297 Å². The van der Waals surface area contributed by atoms with Gasteiger partial charge in [0.05, 0.1) is 6.42 Å². The van der Waals surface area contributed by atoms with Crippen molar-refractivity contribution in [2.24, 2.45) is 0 Å². The summed E-state index contributed by atoms with van der Waals surface area (Å²) in [6, 6.07) is 0. The number of carbonyl (C=O) groups excluding carboxylic acids is 3. The van der Waals surface area contributed by atoms with E-state index in [0.29, 0.717) is 12.8 Å². The Hall–Kier alpha value is -3.15. The molecule has 1 unspecified atom stereocenters. The van der Waals surface area contributed by atoms with E-state index in [9.17, 15) is 14.4 Å². The van der Waals surface area contributed by atoms with E-state index in [1.807, 2.05) is 6.08 Å². The molecule has 70 heavy (non-hydrogen) atoms. The van der Waals surface area contributed by atoms with Gasteiger partial charge in [0.25, 0.3) is 0 Å². The fourth-order valence-corrected chi connectivity index (χ4v) is 8.51. The lowest BCUT2D eigenvalue weighted by Gasteiger charge is -2.18. The third kappa shape index (κ3) is 55.8. The van der Waals surface area contributed by atoms with Gasteiger partial charge in [-0.25, -0.2) is 0 Å². The summed E-state index contributed by atoms with van der Waals surface area (Å²) in [6.45, 7) is 6.44. The molecule has 6 heteroatoms. The van der Waals surface area contributed by atoms with Crippen molar-refractivity contribution in [2.75, 3.05) is 13.2 Å². The molecule has 404 valence electrons. The third-order valence-corrected chi connectivity index (χ3v) is 13.0. The number of allylic oxidation sites excluding steroid dienone is 11. The Bertz CT molecular complexity index is 1310. The minimum Gasteiger partial charge on any atom is -0.462 e. The topological polar surface area (TPSA) is 78.9 Å². The average molecular weight is 978 g/mol. The van der Waals surface area contributed by atoms with Crippen molar-refractivity contribution in [2.45, 2.75) is 303 Å². The molecular weight excluding hydrogens is 865 g/mol. The predicted octanol–water partition coefficient (Wildman–Crippen LogP) is 20.2. The van der Waals surface area contributed by atoms with Gasteiger partial charge < -0.3 is 14.2 Å². The van der Waals surface area contributed by atoms with E-state index in [1.54, 1.807) is 6.08 Å². The molecule has 0 aliphatic carbocycles. The van der Waals surface area contributed by atoms with Gasteiger partial charge >= 0.3 is 17.9 Å². The molecule has 0 amide bonds. The van der Waals surface area contributed by atoms with Crippen molar-refractivity contribution in [3.05, 3.63) is 72.9 Å². The Balaban J connectivity index is 4.30. The highest BCUT2D eigenvalue weighted by molar-refractivity contribution is 5.72. The average Bonchev–Trinajstić information content (AvgIpc) is 3.36.